The molecule has 0 heterocycles. The van der Waals surface area contributed by atoms with Crippen LogP contribution in [0.5, 0.6) is 0 Å². The predicted molar refractivity (Wildman–Crippen MR) is 271 cm³/mol. The largest absolute Gasteiger partial charge is 0.0619 e. The van der Waals surface area contributed by atoms with E-state index in [9.17, 15) is 0 Å². The van der Waals surface area contributed by atoms with Gasteiger partial charge in [0.05, 0.1) is 0 Å². The number of hydrogen-bond acceptors (Lipinski definition) is 0. The molecule has 294 valence electrons. The molecule has 0 bridgehead atoms. The monoisotopic (exact) mass is 798 g/mol. The van der Waals surface area contributed by atoms with Gasteiger partial charge in [-0.3, -0.25) is 0 Å². The zero-order chi connectivity index (χ0) is 41.8. The summed E-state index contributed by atoms with van der Waals surface area (Å²) in [6.07, 6.45) is 0. The molecule has 0 nitrogen and oxygen atoms in total. The van der Waals surface area contributed by atoms with E-state index < -0.39 is 0 Å². The summed E-state index contributed by atoms with van der Waals surface area (Å²) in [6.45, 7) is 4.71. The van der Waals surface area contributed by atoms with Crippen molar-refractivity contribution in [3.63, 3.8) is 0 Å². The van der Waals surface area contributed by atoms with Crippen molar-refractivity contribution < 1.29 is 0 Å². The Labute approximate surface area is 367 Å². The fourth-order valence-electron chi connectivity index (χ4n) is 10.9. The fourth-order valence-corrected chi connectivity index (χ4v) is 10.9. The zero-order valence-corrected chi connectivity index (χ0v) is 35.3. The van der Waals surface area contributed by atoms with E-state index in [0.29, 0.717) is 0 Å². The first kappa shape index (κ1) is 35.9. The molecule has 0 heteroatoms. The van der Waals surface area contributed by atoms with Crippen LogP contribution in [0.3, 0.4) is 0 Å². The summed E-state index contributed by atoms with van der Waals surface area (Å²) in [5.41, 5.74) is 15.4. The van der Waals surface area contributed by atoms with Gasteiger partial charge < -0.3 is 0 Å². The van der Waals surface area contributed by atoms with Crippen LogP contribution >= 0.6 is 0 Å². The van der Waals surface area contributed by atoms with Crippen molar-refractivity contribution in [2.75, 3.05) is 0 Å². The van der Waals surface area contributed by atoms with E-state index in [1.807, 2.05) is 0 Å². The third-order valence-electron chi connectivity index (χ3n) is 14.2. The lowest BCUT2D eigenvalue weighted by Gasteiger charge is -2.22. The van der Waals surface area contributed by atoms with Gasteiger partial charge in [-0.25, -0.2) is 0 Å². The zero-order valence-electron chi connectivity index (χ0n) is 35.3. The summed E-state index contributed by atoms with van der Waals surface area (Å²) in [5.74, 6) is 0. The normalized spacial score (nSPS) is 13.0. The summed E-state index contributed by atoms with van der Waals surface area (Å²) in [4.78, 5) is 0. The smallest absolute Gasteiger partial charge is 0.0159 e. The standard InChI is InChI=1S/C63H42/c1-63(2)61-18-10-9-17-54(61)55-30-28-48(36-62(55)63)46-24-22-43-31-45(23-21-44(43)32-46)47-27-29-53-58(35-47)57(50-26-20-40-12-4-6-14-42(40)34-50)38-59-52-16-8-7-15-51(52)56(37-60(53)59)49-25-19-39-11-3-5-13-41(39)33-49/h3-38H,1-2H3. The summed E-state index contributed by atoms with van der Waals surface area (Å²) in [5, 5.41) is 15.1. The van der Waals surface area contributed by atoms with E-state index in [-0.39, 0.29) is 5.41 Å². The summed E-state index contributed by atoms with van der Waals surface area (Å²) >= 11 is 0. The van der Waals surface area contributed by atoms with Crippen molar-refractivity contribution in [3.8, 4) is 55.6 Å². The van der Waals surface area contributed by atoms with Crippen molar-refractivity contribution >= 4 is 64.6 Å². The van der Waals surface area contributed by atoms with Crippen molar-refractivity contribution in [3.05, 3.63) is 230 Å². The summed E-state index contributed by atoms with van der Waals surface area (Å²) < 4.78 is 0. The molecule has 0 unspecified atom stereocenters. The van der Waals surface area contributed by atoms with Crippen LogP contribution in [0.2, 0.25) is 0 Å². The molecule has 12 aromatic carbocycles. The topological polar surface area (TPSA) is 0 Å². The highest BCUT2D eigenvalue weighted by Gasteiger charge is 2.35. The highest BCUT2D eigenvalue weighted by atomic mass is 14.4. The van der Waals surface area contributed by atoms with Crippen LogP contribution < -0.4 is 0 Å². The van der Waals surface area contributed by atoms with Crippen LogP contribution in [0, 0.1) is 0 Å². The predicted octanol–water partition coefficient (Wildman–Crippen LogP) is 17.6. The van der Waals surface area contributed by atoms with Gasteiger partial charge in [0.25, 0.3) is 0 Å². The maximum Gasteiger partial charge on any atom is 0.0159 e. The van der Waals surface area contributed by atoms with Crippen LogP contribution in [0.15, 0.2) is 218 Å². The van der Waals surface area contributed by atoms with Gasteiger partial charge in [0.15, 0.2) is 0 Å². The molecule has 0 amide bonds. The van der Waals surface area contributed by atoms with Gasteiger partial charge in [0.1, 0.15) is 0 Å². The SMILES string of the molecule is CC1(C)c2ccccc2-c2ccc(-c3ccc4cc(-c5ccc6c(c5)c(-c5ccc7ccccc7c5)cc5c7ccccc7c(-c7ccc8ccccc8c7)cc65)ccc4c3)cc21. The molecule has 0 saturated carbocycles. The maximum atomic E-state index is 2.46. The van der Waals surface area contributed by atoms with Gasteiger partial charge in [-0.05, 0) is 180 Å². The first-order valence-electron chi connectivity index (χ1n) is 22.1. The second-order valence-electron chi connectivity index (χ2n) is 18.1. The van der Waals surface area contributed by atoms with E-state index in [2.05, 4.69) is 232 Å². The quantitative estimate of drug-likeness (QED) is 0.156. The average molecular weight is 799 g/mol. The Hall–Kier alpha value is -7.80. The Morgan fingerprint density at radius 2 is 0.635 bits per heavy atom. The van der Waals surface area contributed by atoms with Gasteiger partial charge in [0, 0.05) is 5.41 Å². The highest BCUT2D eigenvalue weighted by Crippen LogP contribution is 2.50. The molecule has 12 aromatic rings. The molecule has 13 rings (SSSR count). The lowest BCUT2D eigenvalue weighted by Crippen LogP contribution is -2.14. The molecule has 1 aliphatic rings. The van der Waals surface area contributed by atoms with Crippen LogP contribution in [0.1, 0.15) is 25.0 Å². The Morgan fingerprint density at radius 3 is 1.30 bits per heavy atom. The molecule has 0 fully saturated rings. The number of rotatable bonds is 4. The third kappa shape index (κ3) is 5.61. The lowest BCUT2D eigenvalue weighted by atomic mass is 9.81. The van der Waals surface area contributed by atoms with Crippen LogP contribution in [0.25, 0.3) is 120 Å². The minimum Gasteiger partial charge on any atom is -0.0619 e. The van der Waals surface area contributed by atoms with Gasteiger partial charge in [0.2, 0.25) is 0 Å². The molecule has 0 aliphatic heterocycles. The van der Waals surface area contributed by atoms with E-state index in [0.717, 1.165) is 0 Å². The minimum atomic E-state index is -0.0265. The molecule has 0 aromatic heterocycles. The number of benzene rings is 12. The summed E-state index contributed by atoms with van der Waals surface area (Å²) in [6, 6.07) is 82.0. The molecule has 0 N–H and O–H groups in total. The Kier molecular flexibility index (Phi) is 7.75. The lowest BCUT2D eigenvalue weighted by molar-refractivity contribution is 0.660. The van der Waals surface area contributed by atoms with E-state index in [1.165, 1.54) is 131 Å². The van der Waals surface area contributed by atoms with Crippen molar-refractivity contribution in [1.82, 2.24) is 0 Å². The van der Waals surface area contributed by atoms with Gasteiger partial charge in [-0.2, -0.15) is 0 Å². The molecular formula is C63H42. The highest BCUT2D eigenvalue weighted by molar-refractivity contribution is 6.24. The minimum absolute atomic E-state index is 0.0265. The Bertz CT molecular complexity index is 3880. The average Bonchev–Trinajstić information content (AvgIpc) is 3.57. The Morgan fingerprint density at radius 1 is 0.222 bits per heavy atom. The second kappa shape index (κ2) is 13.6. The number of hydrogen-bond donors (Lipinski definition) is 0. The third-order valence-corrected chi connectivity index (χ3v) is 14.2. The second-order valence-corrected chi connectivity index (χ2v) is 18.1. The first-order chi connectivity index (χ1) is 30.9. The van der Waals surface area contributed by atoms with E-state index >= 15 is 0 Å². The van der Waals surface area contributed by atoms with Gasteiger partial charge in [-0.1, -0.05) is 184 Å². The van der Waals surface area contributed by atoms with E-state index in [4.69, 9.17) is 0 Å². The molecule has 0 spiro atoms. The van der Waals surface area contributed by atoms with Crippen LogP contribution in [-0.4, -0.2) is 0 Å². The van der Waals surface area contributed by atoms with Crippen molar-refractivity contribution in [1.29, 1.82) is 0 Å². The molecule has 0 radical (unpaired) electrons. The molecular weight excluding hydrogens is 757 g/mol. The van der Waals surface area contributed by atoms with Gasteiger partial charge in [-0.15, -0.1) is 0 Å². The van der Waals surface area contributed by atoms with Crippen molar-refractivity contribution in [2.24, 2.45) is 0 Å². The fraction of sp³-hybridized carbons (Fsp3) is 0.0476. The Balaban J connectivity index is 0.968. The maximum absolute atomic E-state index is 2.46. The molecule has 1 aliphatic carbocycles. The van der Waals surface area contributed by atoms with E-state index in [1.54, 1.807) is 0 Å². The molecule has 63 heavy (non-hydrogen) atoms. The van der Waals surface area contributed by atoms with Crippen LogP contribution in [0.4, 0.5) is 0 Å². The van der Waals surface area contributed by atoms with Crippen molar-refractivity contribution in [2.45, 2.75) is 19.3 Å². The molecule has 0 atom stereocenters. The molecule has 0 saturated heterocycles. The first-order valence-corrected chi connectivity index (χ1v) is 22.1. The number of fused-ring (bicyclic) bond motifs is 11. The summed E-state index contributed by atoms with van der Waals surface area (Å²) in [7, 11) is 0. The van der Waals surface area contributed by atoms with Gasteiger partial charge >= 0.3 is 0 Å². The van der Waals surface area contributed by atoms with Crippen LogP contribution in [-0.2, 0) is 5.41 Å².